The van der Waals surface area contributed by atoms with Crippen molar-refractivity contribution in [1.82, 2.24) is 9.97 Å². The third-order valence-corrected chi connectivity index (χ3v) is 4.41. The first kappa shape index (κ1) is 16.4. The number of nitrogens with two attached hydrogens (primary N) is 1. The second-order valence-corrected chi connectivity index (χ2v) is 6.23. The molecule has 1 fully saturated rings. The van der Waals surface area contributed by atoms with Crippen molar-refractivity contribution in [1.29, 1.82) is 0 Å². The Labute approximate surface area is 142 Å². The van der Waals surface area contributed by atoms with E-state index in [2.05, 4.69) is 38.8 Å². The first-order chi connectivity index (χ1) is 11.7. The van der Waals surface area contributed by atoms with Gasteiger partial charge in [0, 0.05) is 49.3 Å². The first-order valence-corrected chi connectivity index (χ1v) is 8.61. The molecule has 0 atom stereocenters. The number of H-pyrrole nitrogens is 1. The summed E-state index contributed by atoms with van der Waals surface area (Å²) >= 11 is 0. The predicted octanol–water partition coefficient (Wildman–Crippen LogP) is 2.02. The summed E-state index contributed by atoms with van der Waals surface area (Å²) in [6.45, 7) is 5.61. The summed E-state index contributed by atoms with van der Waals surface area (Å²) < 4.78 is 0. The van der Waals surface area contributed by atoms with Crippen LogP contribution in [0.4, 0.5) is 17.3 Å². The van der Waals surface area contributed by atoms with Gasteiger partial charge >= 0.3 is 0 Å². The molecule has 1 saturated heterocycles. The molecule has 1 aromatic heterocycles. The van der Waals surface area contributed by atoms with E-state index in [1.54, 1.807) is 6.07 Å². The first-order valence-electron chi connectivity index (χ1n) is 8.61. The number of unbranched alkanes of at least 4 members (excludes halogenated alkanes) is 1. The molecule has 0 amide bonds. The summed E-state index contributed by atoms with van der Waals surface area (Å²) in [7, 11) is 0. The number of anilines is 3. The zero-order valence-electron chi connectivity index (χ0n) is 14.2. The van der Waals surface area contributed by atoms with E-state index in [0.29, 0.717) is 5.95 Å². The smallest absolute Gasteiger partial charge is 0.252 e. The van der Waals surface area contributed by atoms with E-state index in [-0.39, 0.29) is 5.56 Å². The SMILES string of the molecule is CCCCc1cc(=O)[nH]c(N2CCN(c3ccc(N)cc3)CC2)n1. The number of benzene rings is 1. The third kappa shape index (κ3) is 3.88. The summed E-state index contributed by atoms with van der Waals surface area (Å²) in [4.78, 5) is 23.9. The molecule has 0 spiro atoms. The van der Waals surface area contributed by atoms with Crippen molar-refractivity contribution in [3.8, 4) is 0 Å². The minimum atomic E-state index is -0.0629. The van der Waals surface area contributed by atoms with Gasteiger partial charge in [0.05, 0.1) is 0 Å². The number of hydrogen-bond donors (Lipinski definition) is 2. The molecule has 24 heavy (non-hydrogen) atoms. The van der Waals surface area contributed by atoms with Gasteiger partial charge in [-0.05, 0) is 37.1 Å². The van der Waals surface area contributed by atoms with Crippen molar-refractivity contribution in [2.24, 2.45) is 0 Å². The molecule has 128 valence electrons. The van der Waals surface area contributed by atoms with E-state index in [4.69, 9.17) is 5.73 Å². The van der Waals surface area contributed by atoms with Crippen molar-refractivity contribution >= 4 is 17.3 Å². The zero-order chi connectivity index (χ0) is 16.9. The average molecular weight is 327 g/mol. The lowest BCUT2D eigenvalue weighted by Crippen LogP contribution is -2.47. The largest absolute Gasteiger partial charge is 0.399 e. The number of nitrogens with one attached hydrogen (secondary N) is 1. The normalized spacial score (nSPS) is 14.9. The molecule has 1 aliphatic rings. The predicted molar refractivity (Wildman–Crippen MR) is 98.8 cm³/mol. The van der Waals surface area contributed by atoms with Crippen LogP contribution in [0.1, 0.15) is 25.5 Å². The van der Waals surface area contributed by atoms with Gasteiger partial charge in [-0.25, -0.2) is 4.98 Å². The molecular weight excluding hydrogens is 302 g/mol. The Bertz CT molecular complexity index is 717. The standard InChI is InChI=1S/C18H25N5O/c1-2-3-4-15-13-17(24)21-18(20-15)23-11-9-22(10-12-23)16-7-5-14(19)6-8-16/h5-8,13H,2-4,9-12,19H2,1H3,(H,20,21,24). The van der Waals surface area contributed by atoms with E-state index in [1.807, 2.05) is 12.1 Å². The Hall–Kier alpha value is -2.50. The van der Waals surface area contributed by atoms with Crippen molar-refractivity contribution in [2.45, 2.75) is 26.2 Å². The number of hydrogen-bond acceptors (Lipinski definition) is 5. The van der Waals surface area contributed by atoms with Crippen molar-refractivity contribution < 1.29 is 0 Å². The second-order valence-electron chi connectivity index (χ2n) is 6.23. The fraction of sp³-hybridized carbons (Fsp3) is 0.444. The maximum absolute atomic E-state index is 11.9. The fourth-order valence-corrected chi connectivity index (χ4v) is 2.99. The maximum Gasteiger partial charge on any atom is 0.252 e. The third-order valence-electron chi connectivity index (χ3n) is 4.41. The maximum atomic E-state index is 11.9. The number of piperazine rings is 1. The van der Waals surface area contributed by atoms with Gasteiger partial charge in [0.1, 0.15) is 0 Å². The van der Waals surface area contributed by atoms with Gasteiger partial charge in [0.15, 0.2) is 0 Å². The second kappa shape index (κ2) is 7.38. The van der Waals surface area contributed by atoms with Gasteiger partial charge in [-0.2, -0.15) is 0 Å². The van der Waals surface area contributed by atoms with Crippen LogP contribution in [0.3, 0.4) is 0 Å². The number of nitrogen functional groups attached to an aromatic ring is 1. The molecule has 6 nitrogen and oxygen atoms in total. The van der Waals surface area contributed by atoms with Gasteiger partial charge in [0.25, 0.3) is 5.56 Å². The zero-order valence-corrected chi connectivity index (χ0v) is 14.2. The van der Waals surface area contributed by atoms with Crippen LogP contribution >= 0.6 is 0 Å². The highest BCUT2D eigenvalue weighted by Gasteiger charge is 2.19. The molecule has 6 heteroatoms. The van der Waals surface area contributed by atoms with Crippen molar-refractivity contribution in [2.75, 3.05) is 41.7 Å². The quantitative estimate of drug-likeness (QED) is 0.822. The van der Waals surface area contributed by atoms with Crippen LogP contribution in [0.2, 0.25) is 0 Å². The number of aromatic nitrogens is 2. The molecule has 1 aliphatic heterocycles. The van der Waals surface area contributed by atoms with E-state index < -0.39 is 0 Å². The van der Waals surface area contributed by atoms with Gasteiger partial charge in [0.2, 0.25) is 5.95 Å². The average Bonchev–Trinajstić information content (AvgIpc) is 2.60. The summed E-state index contributed by atoms with van der Waals surface area (Å²) in [5, 5.41) is 0. The lowest BCUT2D eigenvalue weighted by Gasteiger charge is -2.36. The van der Waals surface area contributed by atoms with Gasteiger partial charge in [-0.1, -0.05) is 13.3 Å². The Kier molecular flexibility index (Phi) is 5.03. The molecule has 0 saturated carbocycles. The number of rotatable bonds is 5. The lowest BCUT2D eigenvalue weighted by atomic mass is 10.2. The molecule has 0 bridgehead atoms. The van der Waals surface area contributed by atoms with Crippen LogP contribution in [0.15, 0.2) is 35.1 Å². The minimum Gasteiger partial charge on any atom is -0.399 e. The molecule has 0 aliphatic carbocycles. The molecule has 3 rings (SSSR count). The summed E-state index contributed by atoms with van der Waals surface area (Å²) in [6.07, 6.45) is 3.02. The molecular formula is C18H25N5O. The van der Waals surface area contributed by atoms with Gasteiger partial charge in [-0.15, -0.1) is 0 Å². The van der Waals surface area contributed by atoms with Crippen LogP contribution < -0.4 is 21.1 Å². The molecule has 1 aromatic carbocycles. The number of aromatic amines is 1. The van der Waals surface area contributed by atoms with Gasteiger partial charge in [-0.3, -0.25) is 9.78 Å². The molecule has 3 N–H and O–H groups in total. The molecule has 2 aromatic rings. The Balaban J connectivity index is 1.67. The van der Waals surface area contributed by atoms with E-state index in [0.717, 1.165) is 56.8 Å². The highest BCUT2D eigenvalue weighted by Crippen LogP contribution is 2.19. The summed E-state index contributed by atoms with van der Waals surface area (Å²) in [5.74, 6) is 0.700. The number of aryl methyl sites for hydroxylation is 1. The molecule has 2 heterocycles. The van der Waals surface area contributed by atoms with Crippen LogP contribution in [0, 0.1) is 0 Å². The Morgan fingerprint density at radius 1 is 1.12 bits per heavy atom. The summed E-state index contributed by atoms with van der Waals surface area (Å²) in [6, 6.07) is 9.58. The van der Waals surface area contributed by atoms with Gasteiger partial charge < -0.3 is 15.5 Å². The van der Waals surface area contributed by atoms with Crippen LogP contribution in [0.25, 0.3) is 0 Å². The minimum absolute atomic E-state index is 0.0629. The van der Waals surface area contributed by atoms with Crippen molar-refractivity contribution in [3.63, 3.8) is 0 Å². The van der Waals surface area contributed by atoms with Crippen LogP contribution in [0.5, 0.6) is 0 Å². The number of nitrogens with zero attached hydrogens (tertiary/aromatic N) is 3. The Morgan fingerprint density at radius 3 is 2.46 bits per heavy atom. The lowest BCUT2D eigenvalue weighted by molar-refractivity contribution is 0.636. The van der Waals surface area contributed by atoms with E-state index in [9.17, 15) is 4.79 Å². The highest BCUT2D eigenvalue weighted by atomic mass is 16.1. The van der Waals surface area contributed by atoms with Crippen LogP contribution in [-0.2, 0) is 6.42 Å². The topological polar surface area (TPSA) is 78.2 Å². The molecule has 0 radical (unpaired) electrons. The van der Waals surface area contributed by atoms with E-state index >= 15 is 0 Å². The van der Waals surface area contributed by atoms with Crippen molar-refractivity contribution in [3.05, 3.63) is 46.4 Å². The monoisotopic (exact) mass is 327 g/mol. The fourth-order valence-electron chi connectivity index (χ4n) is 2.99. The van der Waals surface area contributed by atoms with Crippen LogP contribution in [-0.4, -0.2) is 36.1 Å². The summed E-state index contributed by atoms with van der Waals surface area (Å²) in [5.41, 5.74) is 8.53. The highest BCUT2D eigenvalue weighted by molar-refractivity contribution is 5.54. The Morgan fingerprint density at radius 2 is 1.79 bits per heavy atom. The van der Waals surface area contributed by atoms with E-state index in [1.165, 1.54) is 5.69 Å². The molecule has 0 unspecified atom stereocenters.